The van der Waals surface area contributed by atoms with Crippen LogP contribution in [-0.4, -0.2) is 12.6 Å². The predicted molar refractivity (Wildman–Crippen MR) is 56.4 cm³/mol. The highest BCUT2D eigenvalue weighted by Gasteiger charge is 2.06. The number of benzene rings is 1. The average Bonchev–Trinajstić information content (AvgIpc) is 2.23. The van der Waals surface area contributed by atoms with Crippen molar-refractivity contribution in [2.24, 2.45) is 0 Å². The fourth-order valence-corrected chi connectivity index (χ4v) is 1.05. The number of ether oxygens (including phenoxy) is 1. The number of nitrogen functional groups attached to an aromatic ring is 1. The van der Waals surface area contributed by atoms with Crippen LogP contribution in [0.3, 0.4) is 0 Å². The lowest BCUT2D eigenvalue weighted by atomic mass is 10.2. The summed E-state index contributed by atoms with van der Waals surface area (Å²) >= 11 is 0. The van der Waals surface area contributed by atoms with Gasteiger partial charge in [0.25, 0.3) is 0 Å². The molecule has 86 valence electrons. The van der Waals surface area contributed by atoms with Crippen LogP contribution < -0.4 is 5.73 Å². The van der Waals surface area contributed by atoms with Crippen molar-refractivity contribution >= 4 is 17.7 Å². The Morgan fingerprint density at radius 1 is 1.44 bits per heavy atom. The molecule has 0 saturated carbocycles. The summed E-state index contributed by atoms with van der Waals surface area (Å²) in [5.74, 6) is -2.29. The van der Waals surface area contributed by atoms with Gasteiger partial charge in [-0.3, -0.25) is 0 Å². The Balaban J connectivity index is 2.86. The third-order valence-electron chi connectivity index (χ3n) is 1.80. The molecule has 0 heterocycles. The second-order valence-electron chi connectivity index (χ2n) is 2.98. The van der Waals surface area contributed by atoms with Gasteiger partial charge in [-0.2, -0.15) is 0 Å². The van der Waals surface area contributed by atoms with Crippen LogP contribution in [0.5, 0.6) is 0 Å². The van der Waals surface area contributed by atoms with Gasteiger partial charge < -0.3 is 10.5 Å². The number of nitrogens with two attached hydrogens (primary N) is 1. The number of carbonyl (C=O) groups is 1. The van der Waals surface area contributed by atoms with Crippen LogP contribution in [0.15, 0.2) is 18.2 Å². The molecule has 3 nitrogen and oxygen atoms in total. The zero-order valence-corrected chi connectivity index (χ0v) is 8.67. The van der Waals surface area contributed by atoms with Crippen LogP contribution in [0.4, 0.5) is 14.5 Å². The maximum absolute atomic E-state index is 13.0. The molecule has 2 N–H and O–H groups in total. The number of halogens is 2. The molecule has 0 bridgehead atoms. The summed E-state index contributed by atoms with van der Waals surface area (Å²) < 4.78 is 30.6. The maximum atomic E-state index is 13.0. The van der Waals surface area contributed by atoms with Crippen LogP contribution >= 0.6 is 0 Å². The molecule has 0 radical (unpaired) electrons. The molecule has 0 atom stereocenters. The summed E-state index contributed by atoms with van der Waals surface area (Å²) in [5.41, 5.74) is 4.76. The van der Waals surface area contributed by atoms with Gasteiger partial charge in [-0.25, -0.2) is 13.6 Å². The van der Waals surface area contributed by atoms with Crippen molar-refractivity contribution < 1.29 is 18.3 Å². The Morgan fingerprint density at radius 3 is 2.50 bits per heavy atom. The maximum Gasteiger partial charge on any atom is 0.330 e. The van der Waals surface area contributed by atoms with Crippen LogP contribution in [0, 0.1) is 11.6 Å². The molecule has 0 unspecified atom stereocenters. The minimum atomic E-state index is -0.858. The highest BCUT2D eigenvalue weighted by atomic mass is 19.1. The SMILES string of the molecule is CCOC(=O)C=Cc1cc(F)c(N)c(F)c1. The van der Waals surface area contributed by atoms with E-state index >= 15 is 0 Å². The Bertz CT molecular complexity index is 407. The highest BCUT2D eigenvalue weighted by molar-refractivity contribution is 5.87. The molecule has 0 spiro atoms. The lowest BCUT2D eigenvalue weighted by Crippen LogP contribution is -1.99. The molecule has 1 aromatic rings. The molecule has 0 aliphatic heterocycles. The lowest BCUT2D eigenvalue weighted by Gasteiger charge is -2.00. The van der Waals surface area contributed by atoms with Crippen LogP contribution in [0.25, 0.3) is 6.08 Å². The summed E-state index contributed by atoms with van der Waals surface area (Å²) in [4.78, 5) is 10.9. The number of anilines is 1. The molecule has 0 fully saturated rings. The smallest absolute Gasteiger partial charge is 0.330 e. The zero-order valence-electron chi connectivity index (χ0n) is 8.67. The first-order valence-corrected chi connectivity index (χ1v) is 4.64. The zero-order chi connectivity index (χ0) is 12.1. The van der Waals surface area contributed by atoms with Crippen LogP contribution in [-0.2, 0) is 9.53 Å². The fourth-order valence-electron chi connectivity index (χ4n) is 1.05. The van der Waals surface area contributed by atoms with Gasteiger partial charge in [0, 0.05) is 6.08 Å². The van der Waals surface area contributed by atoms with Gasteiger partial charge in [0.15, 0.2) is 0 Å². The van der Waals surface area contributed by atoms with Crippen molar-refractivity contribution in [3.8, 4) is 0 Å². The van der Waals surface area contributed by atoms with E-state index in [1.807, 2.05) is 0 Å². The number of carbonyl (C=O) groups excluding carboxylic acids is 1. The molecule has 0 aromatic heterocycles. The van der Waals surface area contributed by atoms with Crippen LogP contribution in [0.1, 0.15) is 12.5 Å². The summed E-state index contributed by atoms with van der Waals surface area (Å²) in [6.07, 6.45) is 2.34. The molecule has 16 heavy (non-hydrogen) atoms. The molecule has 0 aliphatic carbocycles. The van der Waals surface area contributed by atoms with Gasteiger partial charge in [0.1, 0.15) is 17.3 Å². The number of esters is 1. The summed E-state index contributed by atoms with van der Waals surface area (Å²) in [6, 6.07) is 2.07. The normalized spacial score (nSPS) is 10.7. The van der Waals surface area contributed by atoms with E-state index in [1.54, 1.807) is 6.92 Å². The number of rotatable bonds is 3. The lowest BCUT2D eigenvalue weighted by molar-refractivity contribution is -0.137. The Hall–Kier alpha value is -1.91. The number of hydrogen-bond donors (Lipinski definition) is 1. The van der Waals surface area contributed by atoms with Crippen LogP contribution in [0.2, 0.25) is 0 Å². The molecule has 1 aromatic carbocycles. The topological polar surface area (TPSA) is 52.3 Å². The molecule has 0 amide bonds. The highest BCUT2D eigenvalue weighted by Crippen LogP contribution is 2.17. The first kappa shape index (κ1) is 12.2. The second-order valence-corrected chi connectivity index (χ2v) is 2.98. The summed E-state index contributed by atoms with van der Waals surface area (Å²) in [6.45, 7) is 1.90. The van der Waals surface area contributed by atoms with Crippen molar-refractivity contribution in [3.63, 3.8) is 0 Å². The van der Waals surface area contributed by atoms with E-state index in [-0.39, 0.29) is 12.2 Å². The Kier molecular flexibility index (Phi) is 3.99. The van der Waals surface area contributed by atoms with E-state index in [9.17, 15) is 13.6 Å². The van der Waals surface area contributed by atoms with E-state index in [2.05, 4.69) is 4.74 Å². The summed E-state index contributed by atoms with van der Waals surface area (Å²) in [5, 5.41) is 0. The second kappa shape index (κ2) is 5.25. The summed E-state index contributed by atoms with van der Waals surface area (Å²) in [7, 11) is 0. The molecule has 0 aliphatic rings. The van der Waals surface area contributed by atoms with E-state index in [0.29, 0.717) is 0 Å². The molecule has 0 saturated heterocycles. The fraction of sp³-hybridized carbons (Fsp3) is 0.182. The first-order chi connectivity index (χ1) is 7.54. The van der Waals surface area contributed by atoms with Crippen molar-refractivity contribution in [1.29, 1.82) is 0 Å². The van der Waals surface area contributed by atoms with Crippen molar-refractivity contribution in [2.75, 3.05) is 12.3 Å². The van der Waals surface area contributed by atoms with Gasteiger partial charge in [-0.1, -0.05) is 0 Å². The van der Waals surface area contributed by atoms with E-state index in [0.717, 1.165) is 18.2 Å². The monoisotopic (exact) mass is 227 g/mol. The third-order valence-corrected chi connectivity index (χ3v) is 1.80. The largest absolute Gasteiger partial charge is 0.463 e. The standard InChI is InChI=1S/C11H11F2NO2/c1-2-16-10(15)4-3-7-5-8(12)11(14)9(13)6-7/h3-6H,2,14H2,1H3. The van der Waals surface area contributed by atoms with Crippen molar-refractivity contribution in [3.05, 3.63) is 35.4 Å². The molecular weight excluding hydrogens is 216 g/mol. The Labute approximate surface area is 91.5 Å². The van der Waals surface area contributed by atoms with Gasteiger partial charge >= 0.3 is 5.97 Å². The Morgan fingerprint density at radius 2 is 2.00 bits per heavy atom. The van der Waals surface area contributed by atoms with E-state index in [1.165, 1.54) is 6.08 Å². The van der Waals surface area contributed by atoms with E-state index < -0.39 is 23.3 Å². The minimum Gasteiger partial charge on any atom is -0.463 e. The molecular formula is C11H11F2NO2. The molecule has 5 heteroatoms. The van der Waals surface area contributed by atoms with Crippen molar-refractivity contribution in [1.82, 2.24) is 0 Å². The first-order valence-electron chi connectivity index (χ1n) is 4.64. The average molecular weight is 227 g/mol. The van der Waals surface area contributed by atoms with Gasteiger partial charge in [-0.15, -0.1) is 0 Å². The quantitative estimate of drug-likeness (QED) is 0.489. The third kappa shape index (κ3) is 3.05. The van der Waals surface area contributed by atoms with Gasteiger partial charge in [0.05, 0.1) is 6.61 Å². The van der Waals surface area contributed by atoms with Gasteiger partial charge in [0.2, 0.25) is 0 Å². The van der Waals surface area contributed by atoms with Gasteiger partial charge in [-0.05, 0) is 30.7 Å². The van der Waals surface area contributed by atoms with E-state index in [4.69, 9.17) is 5.73 Å². The minimum absolute atomic E-state index is 0.206. The number of hydrogen-bond acceptors (Lipinski definition) is 3. The predicted octanol–water partition coefficient (Wildman–Crippen LogP) is 2.12. The van der Waals surface area contributed by atoms with Crippen molar-refractivity contribution in [2.45, 2.75) is 6.92 Å². The molecule has 1 rings (SSSR count).